The van der Waals surface area contributed by atoms with Gasteiger partial charge >= 0.3 is 0 Å². The monoisotopic (exact) mass is 301 g/mol. The standard InChI is InChI=1S/C12H16BrNOS/c1-16-8-2-7-14-12(15)11-5-3-10(9-13)4-6-11/h3-6H,2,7-9H2,1H3,(H,14,15). The van der Waals surface area contributed by atoms with Crippen molar-refractivity contribution in [1.82, 2.24) is 5.32 Å². The first-order chi connectivity index (χ1) is 7.77. The van der Waals surface area contributed by atoms with Gasteiger partial charge in [0.2, 0.25) is 0 Å². The van der Waals surface area contributed by atoms with Gasteiger partial charge in [0.05, 0.1) is 0 Å². The highest BCUT2D eigenvalue weighted by molar-refractivity contribution is 9.08. The van der Waals surface area contributed by atoms with E-state index >= 15 is 0 Å². The van der Waals surface area contributed by atoms with Gasteiger partial charge in [-0.15, -0.1) is 0 Å². The molecular weight excluding hydrogens is 286 g/mol. The highest BCUT2D eigenvalue weighted by Gasteiger charge is 2.03. The lowest BCUT2D eigenvalue weighted by atomic mass is 10.1. The molecule has 0 aliphatic carbocycles. The smallest absolute Gasteiger partial charge is 0.251 e. The molecule has 0 aliphatic rings. The Labute approximate surface area is 109 Å². The number of nitrogens with one attached hydrogen (secondary N) is 1. The molecule has 1 aromatic rings. The Kier molecular flexibility index (Phi) is 6.57. The Hall–Kier alpha value is -0.480. The van der Waals surface area contributed by atoms with Crippen LogP contribution in [-0.2, 0) is 5.33 Å². The van der Waals surface area contributed by atoms with Crippen molar-refractivity contribution in [3.8, 4) is 0 Å². The highest BCUT2D eigenvalue weighted by atomic mass is 79.9. The number of rotatable bonds is 6. The lowest BCUT2D eigenvalue weighted by molar-refractivity contribution is 0.0954. The third-order valence-electron chi connectivity index (χ3n) is 2.18. The average molecular weight is 302 g/mol. The number of amides is 1. The van der Waals surface area contributed by atoms with Gasteiger partial charge in [-0.05, 0) is 36.1 Å². The van der Waals surface area contributed by atoms with E-state index in [4.69, 9.17) is 0 Å². The molecule has 0 unspecified atom stereocenters. The summed E-state index contributed by atoms with van der Waals surface area (Å²) >= 11 is 5.17. The van der Waals surface area contributed by atoms with Crippen LogP contribution in [0.15, 0.2) is 24.3 Å². The van der Waals surface area contributed by atoms with Crippen LogP contribution < -0.4 is 5.32 Å². The van der Waals surface area contributed by atoms with Crippen LogP contribution in [0.4, 0.5) is 0 Å². The molecule has 88 valence electrons. The van der Waals surface area contributed by atoms with Crippen LogP contribution in [0.2, 0.25) is 0 Å². The van der Waals surface area contributed by atoms with Gasteiger partial charge in [-0.1, -0.05) is 28.1 Å². The zero-order valence-electron chi connectivity index (χ0n) is 9.33. The van der Waals surface area contributed by atoms with Gasteiger partial charge in [-0.2, -0.15) is 11.8 Å². The molecular formula is C12H16BrNOS. The minimum absolute atomic E-state index is 0.0159. The molecule has 1 aromatic carbocycles. The Morgan fingerprint density at radius 3 is 2.62 bits per heavy atom. The van der Waals surface area contributed by atoms with Gasteiger partial charge in [0.1, 0.15) is 0 Å². The summed E-state index contributed by atoms with van der Waals surface area (Å²) < 4.78 is 0. The van der Waals surface area contributed by atoms with E-state index in [0.717, 1.165) is 29.6 Å². The molecule has 1 N–H and O–H groups in total. The quantitative estimate of drug-likeness (QED) is 0.646. The van der Waals surface area contributed by atoms with E-state index in [9.17, 15) is 4.79 Å². The second-order valence-electron chi connectivity index (χ2n) is 3.43. The van der Waals surface area contributed by atoms with Crippen LogP contribution in [0.3, 0.4) is 0 Å². The number of hydrogen-bond donors (Lipinski definition) is 1. The summed E-state index contributed by atoms with van der Waals surface area (Å²) in [4.78, 5) is 11.7. The summed E-state index contributed by atoms with van der Waals surface area (Å²) in [5.41, 5.74) is 1.91. The number of hydrogen-bond acceptors (Lipinski definition) is 2. The molecule has 0 saturated heterocycles. The Balaban J connectivity index is 2.40. The summed E-state index contributed by atoms with van der Waals surface area (Å²) in [6, 6.07) is 7.65. The van der Waals surface area contributed by atoms with Gasteiger partial charge in [0.25, 0.3) is 5.91 Å². The molecule has 0 atom stereocenters. The summed E-state index contributed by atoms with van der Waals surface area (Å²) in [6.07, 6.45) is 3.09. The first-order valence-electron chi connectivity index (χ1n) is 5.20. The zero-order valence-corrected chi connectivity index (χ0v) is 11.7. The zero-order chi connectivity index (χ0) is 11.8. The van der Waals surface area contributed by atoms with Crippen LogP contribution >= 0.6 is 27.7 Å². The maximum atomic E-state index is 11.7. The highest BCUT2D eigenvalue weighted by Crippen LogP contribution is 2.07. The summed E-state index contributed by atoms with van der Waals surface area (Å²) in [5, 5.41) is 3.73. The van der Waals surface area contributed by atoms with Gasteiger partial charge < -0.3 is 5.32 Å². The normalized spacial score (nSPS) is 10.1. The predicted molar refractivity (Wildman–Crippen MR) is 74.4 cm³/mol. The molecule has 0 fully saturated rings. The molecule has 0 aliphatic heterocycles. The predicted octanol–water partition coefficient (Wildman–Crippen LogP) is 3.06. The first-order valence-corrected chi connectivity index (χ1v) is 7.71. The molecule has 4 heteroatoms. The minimum Gasteiger partial charge on any atom is -0.352 e. The van der Waals surface area contributed by atoms with Crippen molar-refractivity contribution < 1.29 is 4.79 Å². The van der Waals surface area contributed by atoms with Gasteiger partial charge in [0, 0.05) is 17.4 Å². The van der Waals surface area contributed by atoms with Crippen molar-refractivity contribution in [1.29, 1.82) is 0 Å². The van der Waals surface area contributed by atoms with E-state index in [2.05, 4.69) is 27.5 Å². The van der Waals surface area contributed by atoms with Gasteiger partial charge in [-0.25, -0.2) is 0 Å². The molecule has 2 nitrogen and oxygen atoms in total. The van der Waals surface area contributed by atoms with Crippen LogP contribution in [0.25, 0.3) is 0 Å². The number of carbonyl (C=O) groups is 1. The molecule has 0 heterocycles. The second kappa shape index (κ2) is 7.74. The average Bonchev–Trinajstić information content (AvgIpc) is 2.34. The summed E-state index contributed by atoms with van der Waals surface area (Å²) in [6.45, 7) is 0.750. The summed E-state index contributed by atoms with van der Waals surface area (Å²) in [7, 11) is 0. The van der Waals surface area contributed by atoms with Crippen molar-refractivity contribution in [3.63, 3.8) is 0 Å². The Morgan fingerprint density at radius 1 is 1.38 bits per heavy atom. The van der Waals surface area contributed by atoms with Crippen molar-refractivity contribution >= 4 is 33.6 Å². The molecule has 0 spiro atoms. The minimum atomic E-state index is 0.0159. The van der Waals surface area contributed by atoms with E-state index in [1.165, 1.54) is 5.56 Å². The molecule has 0 aromatic heterocycles. The lowest BCUT2D eigenvalue weighted by Gasteiger charge is -2.05. The van der Waals surface area contributed by atoms with E-state index < -0.39 is 0 Å². The van der Waals surface area contributed by atoms with Crippen LogP contribution in [0.1, 0.15) is 22.3 Å². The van der Waals surface area contributed by atoms with Crippen molar-refractivity contribution in [2.75, 3.05) is 18.6 Å². The maximum absolute atomic E-state index is 11.7. The van der Waals surface area contributed by atoms with E-state index in [0.29, 0.717) is 0 Å². The van der Waals surface area contributed by atoms with Crippen molar-refractivity contribution in [2.45, 2.75) is 11.8 Å². The summed E-state index contributed by atoms with van der Waals surface area (Å²) in [5.74, 6) is 1.10. The fourth-order valence-corrected chi connectivity index (χ4v) is 2.07. The van der Waals surface area contributed by atoms with Crippen LogP contribution in [-0.4, -0.2) is 24.5 Å². The number of carbonyl (C=O) groups excluding carboxylic acids is 1. The number of alkyl halides is 1. The Morgan fingerprint density at radius 2 is 2.06 bits per heavy atom. The number of benzene rings is 1. The van der Waals surface area contributed by atoms with Crippen LogP contribution in [0, 0.1) is 0 Å². The molecule has 0 saturated carbocycles. The van der Waals surface area contributed by atoms with Crippen molar-refractivity contribution in [2.24, 2.45) is 0 Å². The SMILES string of the molecule is CSCCCNC(=O)c1ccc(CBr)cc1. The second-order valence-corrected chi connectivity index (χ2v) is 4.98. The molecule has 1 rings (SSSR count). The van der Waals surface area contributed by atoms with Gasteiger partial charge in [0.15, 0.2) is 0 Å². The van der Waals surface area contributed by atoms with E-state index in [-0.39, 0.29) is 5.91 Å². The lowest BCUT2D eigenvalue weighted by Crippen LogP contribution is -2.24. The number of thioether (sulfide) groups is 1. The topological polar surface area (TPSA) is 29.1 Å². The third kappa shape index (κ3) is 4.58. The fraction of sp³-hybridized carbons (Fsp3) is 0.417. The molecule has 0 radical (unpaired) electrons. The van der Waals surface area contributed by atoms with E-state index in [1.54, 1.807) is 11.8 Å². The van der Waals surface area contributed by atoms with Crippen molar-refractivity contribution in [3.05, 3.63) is 35.4 Å². The molecule has 0 bridgehead atoms. The Bertz CT molecular complexity index is 326. The molecule has 1 amide bonds. The largest absolute Gasteiger partial charge is 0.352 e. The molecule has 16 heavy (non-hydrogen) atoms. The van der Waals surface area contributed by atoms with Crippen LogP contribution in [0.5, 0.6) is 0 Å². The van der Waals surface area contributed by atoms with Gasteiger partial charge in [-0.3, -0.25) is 4.79 Å². The number of halogens is 1. The first kappa shape index (κ1) is 13.6. The maximum Gasteiger partial charge on any atom is 0.251 e. The van der Waals surface area contributed by atoms with E-state index in [1.807, 2.05) is 24.3 Å². The third-order valence-corrected chi connectivity index (χ3v) is 3.53. The fourth-order valence-electron chi connectivity index (χ4n) is 1.27.